The zero-order chi connectivity index (χ0) is 20.1. The molecule has 0 fully saturated rings. The molecule has 0 radical (unpaired) electrons. The molecule has 0 aliphatic heterocycles. The maximum atomic E-state index is 5.40. The minimum Gasteiger partial charge on any atom is -0.497 e. The molecule has 2 aromatic carbocycles. The van der Waals surface area contributed by atoms with Crippen LogP contribution in [0.1, 0.15) is 12.5 Å². The van der Waals surface area contributed by atoms with E-state index in [1.165, 1.54) is 0 Å². The van der Waals surface area contributed by atoms with Crippen molar-refractivity contribution < 1.29 is 4.74 Å². The molecule has 2 heterocycles. The van der Waals surface area contributed by atoms with Gasteiger partial charge in [-0.25, -0.2) is 9.67 Å². The summed E-state index contributed by atoms with van der Waals surface area (Å²) in [6.45, 7) is 3.57. The zero-order valence-corrected chi connectivity index (χ0v) is 16.6. The molecule has 0 bridgehead atoms. The SMILES string of the molecule is COc1cccc(-c2nn(-c3ccccc3)cc2CN[C@H](C)Cn2cncn2)c1. The highest BCUT2D eigenvalue weighted by Gasteiger charge is 2.14. The molecular weight excluding hydrogens is 364 g/mol. The van der Waals surface area contributed by atoms with Crippen molar-refractivity contribution in [1.29, 1.82) is 0 Å². The van der Waals surface area contributed by atoms with Crippen LogP contribution < -0.4 is 10.1 Å². The Morgan fingerprint density at radius 1 is 1.10 bits per heavy atom. The number of ether oxygens (including phenoxy) is 1. The number of aromatic nitrogens is 5. The number of benzene rings is 2. The second-order valence-corrected chi connectivity index (χ2v) is 6.91. The van der Waals surface area contributed by atoms with Crippen molar-refractivity contribution in [1.82, 2.24) is 29.9 Å². The van der Waals surface area contributed by atoms with Gasteiger partial charge in [0.05, 0.1) is 25.0 Å². The summed E-state index contributed by atoms with van der Waals surface area (Å²) in [7, 11) is 1.68. The van der Waals surface area contributed by atoms with Gasteiger partial charge in [-0.2, -0.15) is 10.2 Å². The van der Waals surface area contributed by atoms with Gasteiger partial charge in [-0.1, -0.05) is 30.3 Å². The maximum absolute atomic E-state index is 5.40. The highest BCUT2D eigenvalue weighted by Crippen LogP contribution is 2.27. The number of rotatable bonds is 8. The molecule has 148 valence electrons. The summed E-state index contributed by atoms with van der Waals surface area (Å²) in [4.78, 5) is 4.00. The van der Waals surface area contributed by atoms with Gasteiger partial charge in [-0.3, -0.25) is 4.68 Å². The normalized spacial score (nSPS) is 12.1. The second-order valence-electron chi connectivity index (χ2n) is 6.91. The van der Waals surface area contributed by atoms with Crippen LogP contribution in [0, 0.1) is 0 Å². The number of nitrogens with one attached hydrogen (secondary N) is 1. The monoisotopic (exact) mass is 388 g/mol. The van der Waals surface area contributed by atoms with E-state index in [0.717, 1.165) is 34.8 Å². The van der Waals surface area contributed by atoms with Gasteiger partial charge in [-0.15, -0.1) is 0 Å². The number of para-hydroxylation sites is 1. The lowest BCUT2D eigenvalue weighted by Gasteiger charge is -2.13. The Bertz CT molecular complexity index is 1040. The molecule has 0 aliphatic carbocycles. The maximum Gasteiger partial charge on any atom is 0.137 e. The molecule has 29 heavy (non-hydrogen) atoms. The molecule has 0 saturated carbocycles. The van der Waals surface area contributed by atoms with Crippen molar-refractivity contribution in [3.8, 4) is 22.7 Å². The lowest BCUT2D eigenvalue weighted by Crippen LogP contribution is -2.30. The van der Waals surface area contributed by atoms with Crippen LogP contribution in [0.15, 0.2) is 73.4 Å². The Morgan fingerprint density at radius 2 is 1.97 bits per heavy atom. The van der Waals surface area contributed by atoms with Crippen molar-refractivity contribution >= 4 is 0 Å². The zero-order valence-electron chi connectivity index (χ0n) is 16.6. The van der Waals surface area contributed by atoms with E-state index in [9.17, 15) is 0 Å². The van der Waals surface area contributed by atoms with E-state index in [2.05, 4.69) is 34.6 Å². The van der Waals surface area contributed by atoms with Gasteiger partial charge in [0.2, 0.25) is 0 Å². The number of nitrogens with zero attached hydrogens (tertiary/aromatic N) is 5. The van der Waals surface area contributed by atoms with Crippen LogP contribution in [0.4, 0.5) is 0 Å². The van der Waals surface area contributed by atoms with E-state index in [1.807, 2.05) is 57.9 Å². The molecule has 7 nitrogen and oxygen atoms in total. The first-order chi connectivity index (χ1) is 14.2. The van der Waals surface area contributed by atoms with Crippen molar-refractivity contribution in [3.63, 3.8) is 0 Å². The van der Waals surface area contributed by atoms with Crippen LogP contribution in [-0.4, -0.2) is 37.7 Å². The average Bonchev–Trinajstić information content (AvgIpc) is 3.43. The summed E-state index contributed by atoms with van der Waals surface area (Å²) < 4.78 is 9.15. The summed E-state index contributed by atoms with van der Waals surface area (Å²) >= 11 is 0. The third-order valence-corrected chi connectivity index (χ3v) is 4.72. The Balaban J connectivity index is 1.61. The Morgan fingerprint density at radius 3 is 2.72 bits per heavy atom. The molecule has 1 N–H and O–H groups in total. The van der Waals surface area contributed by atoms with Crippen molar-refractivity contribution in [2.75, 3.05) is 7.11 Å². The van der Waals surface area contributed by atoms with Crippen molar-refractivity contribution in [3.05, 3.63) is 79.0 Å². The van der Waals surface area contributed by atoms with E-state index < -0.39 is 0 Å². The van der Waals surface area contributed by atoms with E-state index in [-0.39, 0.29) is 6.04 Å². The largest absolute Gasteiger partial charge is 0.497 e. The second kappa shape index (κ2) is 8.70. The molecule has 0 spiro atoms. The van der Waals surface area contributed by atoms with Gasteiger partial charge in [0.15, 0.2) is 0 Å². The number of methoxy groups -OCH3 is 1. The Hall–Kier alpha value is -3.45. The van der Waals surface area contributed by atoms with Crippen LogP contribution in [0.2, 0.25) is 0 Å². The van der Waals surface area contributed by atoms with E-state index in [4.69, 9.17) is 9.84 Å². The number of hydrogen-bond acceptors (Lipinski definition) is 5. The van der Waals surface area contributed by atoms with Gasteiger partial charge in [-0.05, 0) is 31.2 Å². The van der Waals surface area contributed by atoms with Gasteiger partial charge in [0.25, 0.3) is 0 Å². The van der Waals surface area contributed by atoms with Gasteiger partial charge in [0.1, 0.15) is 18.4 Å². The van der Waals surface area contributed by atoms with E-state index in [0.29, 0.717) is 6.54 Å². The average molecular weight is 388 g/mol. The smallest absolute Gasteiger partial charge is 0.137 e. The third kappa shape index (κ3) is 4.52. The van der Waals surface area contributed by atoms with Crippen LogP contribution >= 0.6 is 0 Å². The first-order valence-corrected chi connectivity index (χ1v) is 9.57. The minimum absolute atomic E-state index is 0.231. The summed E-state index contributed by atoms with van der Waals surface area (Å²) in [5.74, 6) is 0.815. The fourth-order valence-electron chi connectivity index (χ4n) is 3.22. The molecule has 0 aliphatic rings. The molecule has 4 rings (SSSR count). The first-order valence-electron chi connectivity index (χ1n) is 9.57. The minimum atomic E-state index is 0.231. The molecule has 7 heteroatoms. The van der Waals surface area contributed by atoms with Gasteiger partial charge >= 0.3 is 0 Å². The lowest BCUT2D eigenvalue weighted by atomic mass is 10.1. The number of hydrogen-bond donors (Lipinski definition) is 1. The highest BCUT2D eigenvalue weighted by molar-refractivity contribution is 5.65. The highest BCUT2D eigenvalue weighted by atomic mass is 16.5. The molecule has 2 aromatic heterocycles. The Kier molecular flexibility index (Phi) is 5.67. The van der Waals surface area contributed by atoms with Crippen molar-refractivity contribution in [2.24, 2.45) is 0 Å². The summed E-state index contributed by atoms with van der Waals surface area (Å²) in [6.07, 6.45) is 5.37. The summed E-state index contributed by atoms with van der Waals surface area (Å²) in [6, 6.07) is 18.4. The molecule has 4 aromatic rings. The lowest BCUT2D eigenvalue weighted by molar-refractivity contribution is 0.415. The topological polar surface area (TPSA) is 69.8 Å². The molecule has 0 unspecified atom stereocenters. The summed E-state index contributed by atoms with van der Waals surface area (Å²) in [5, 5.41) is 12.6. The van der Waals surface area contributed by atoms with Gasteiger partial charge < -0.3 is 10.1 Å². The Labute approximate surface area is 170 Å². The van der Waals surface area contributed by atoms with E-state index >= 15 is 0 Å². The predicted octanol–water partition coefficient (Wildman–Crippen LogP) is 3.32. The van der Waals surface area contributed by atoms with Crippen LogP contribution in [0.5, 0.6) is 5.75 Å². The standard InChI is InChI=1S/C22H24N6O/c1-17(13-27-16-23-15-25-27)24-12-19-14-28(20-8-4-3-5-9-20)26-22(19)18-7-6-10-21(11-18)29-2/h3-11,14-17,24H,12-13H2,1-2H3/t17-/m1/s1. The van der Waals surface area contributed by atoms with Crippen LogP contribution in [-0.2, 0) is 13.1 Å². The van der Waals surface area contributed by atoms with Crippen LogP contribution in [0.3, 0.4) is 0 Å². The third-order valence-electron chi connectivity index (χ3n) is 4.72. The summed E-state index contributed by atoms with van der Waals surface area (Å²) in [5.41, 5.74) is 4.11. The molecule has 0 amide bonds. The van der Waals surface area contributed by atoms with E-state index in [1.54, 1.807) is 19.8 Å². The molecular formula is C22H24N6O. The fraction of sp³-hybridized carbons (Fsp3) is 0.227. The van der Waals surface area contributed by atoms with Crippen molar-refractivity contribution in [2.45, 2.75) is 26.1 Å². The predicted molar refractivity (Wildman–Crippen MR) is 112 cm³/mol. The first kappa shape index (κ1) is 18.9. The molecule has 1 atom stereocenters. The van der Waals surface area contributed by atoms with Crippen LogP contribution in [0.25, 0.3) is 16.9 Å². The quantitative estimate of drug-likeness (QED) is 0.501. The fourth-order valence-corrected chi connectivity index (χ4v) is 3.22. The molecule has 0 saturated heterocycles. The van der Waals surface area contributed by atoms with Gasteiger partial charge in [0, 0.05) is 29.9 Å².